The van der Waals surface area contributed by atoms with Gasteiger partial charge in [0.05, 0.1) is 22.7 Å². The van der Waals surface area contributed by atoms with Gasteiger partial charge in [0.25, 0.3) is 0 Å². The second-order valence-corrected chi connectivity index (χ2v) is 8.39. The maximum Gasteiger partial charge on any atom is 0.417 e. The van der Waals surface area contributed by atoms with Gasteiger partial charge in [0, 0.05) is 29.4 Å². The van der Waals surface area contributed by atoms with Crippen LogP contribution in [0.2, 0.25) is 5.02 Å². The fourth-order valence-corrected chi connectivity index (χ4v) is 4.26. The van der Waals surface area contributed by atoms with Crippen molar-refractivity contribution >= 4 is 40.6 Å². The highest BCUT2D eigenvalue weighted by Gasteiger charge is 2.31. The van der Waals surface area contributed by atoms with Gasteiger partial charge in [-0.05, 0) is 18.2 Å². The zero-order chi connectivity index (χ0) is 21.7. The summed E-state index contributed by atoms with van der Waals surface area (Å²) in [7, 11) is 0. The van der Waals surface area contributed by atoms with Crippen molar-refractivity contribution in [3.8, 4) is 10.6 Å². The first-order chi connectivity index (χ1) is 14.2. The molecule has 0 bridgehead atoms. The first-order valence-electron chi connectivity index (χ1n) is 8.55. The molecule has 1 aromatic carbocycles. The van der Waals surface area contributed by atoms with Crippen LogP contribution in [0.3, 0.4) is 0 Å². The van der Waals surface area contributed by atoms with E-state index >= 15 is 0 Å². The zero-order valence-corrected chi connectivity index (χ0v) is 17.6. The molecule has 2 heterocycles. The van der Waals surface area contributed by atoms with E-state index < -0.39 is 11.7 Å². The number of carbonyl (C=O) groups is 1. The molecule has 158 valence electrons. The first kappa shape index (κ1) is 22.5. The minimum atomic E-state index is -4.50. The normalized spacial score (nSPS) is 11.5. The number of nitrogens with zero attached hydrogens (tertiary/aromatic N) is 2. The van der Waals surface area contributed by atoms with Crippen molar-refractivity contribution in [1.82, 2.24) is 15.3 Å². The number of benzene rings is 1. The second kappa shape index (κ2) is 9.76. The van der Waals surface area contributed by atoms with Gasteiger partial charge in [-0.1, -0.05) is 23.7 Å². The Hall–Kier alpha value is -2.17. The third-order valence-corrected chi connectivity index (χ3v) is 6.11. The van der Waals surface area contributed by atoms with Crippen LogP contribution in [-0.4, -0.2) is 28.2 Å². The van der Waals surface area contributed by atoms with E-state index in [9.17, 15) is 22.4 Å². The van der Waals surface area contributed by atoms with Gasteiger partial charge in [0.1, 0.15) is 15.9 Å². The van der Waals surface area contributed by atoms with Gasteiger partial charge in [0.2, 0.25) is 5.91 Å². The fraction of sp³-hybridized carbons (Fsp3) is 0.211. The zero-order valence-electron chi connectivity index (χ0n) is 15.2. The minimum absolute atomic E-state index is 0.0652. The number of pyridine rings is 1. The number of amides is 1. The van der Waals surface area contributed by atoms with Crippen LogP contribution >= 0.6 is 34.7 Å². The summed E-state index contributed by atoms with van der Waals surface area (Å²) >= 11 is 8.31. The fourth-order valence-electron chi connectivity index (χ4n) is 2.39. The number of hydrogen-bond acceptors (Lipinski definition) is 5. The van der Waals surface area contributed by atoms with Crippen molar-refractivity contribution in [3.63, 3.8) is 0 Å². The molecule has 0 saturated heterocycles. The lowest BCUT2D eigenvalue weighted by Gasteiger charge is -2.09. The smallest absolute Gasteiger partial charge is 0.355 e. The molecule has 0 radical (unpaired) electrons. The summed E-state index contributed by atoms with van der Waals surface area (Å²) in [4.78, 5) is 20.1. The summed E-state index contributed by atoms with van der Waals surface area (Å²) in [6, 6.07) is 6.88. The predicted molar refractivity (Wildman–Crippen MR) is 109 cm³/mol. The Morgan fingerprint density at radius 1 is 1.27 bits per heavy atom. The van der Waals surface area contributed by atoms with Crippen LogP contribution in [-0.2, 0) is 17.4 Å². The van der Waals surface area contributed by atoms with Gasteiger partial charge in [-0.15, -0.1) is 23.1 Å². The number of nitrogens with one attached hydrogen (secondary N) is 1. The van der Waals surface area contributed by atoms with Crippen molar-refractivity contribution < 1.29 is 22.4 Å². The van der Waals surface area contributed by atoms with Crippen molar-refractivity contribution in [2.24, 2.45) is 0 Å². The highest BCUT2D eigenvalue weighted by Crippen LogP contribution is 2.33. The lowest BCUT2D eigenvalue weighted by Crippen LogP contribution is -2.27. The van der Waals surface area contributed by atoms with Crippen LogP contribution in [0.4, 0.5) is 17.6 Å². The van der Waals surface area contributed by atoms with Gasteiger partial charge in [-0.2, -0.15) is 13.2 Å². The molecular weight excluding hydrogens is 462 g/mol. The molecule has 3 aromatic rings. The number of halogens is 5. The average Bonchev–Trinajstić information content (AvgIpc) is 3.14. The molecule has 0 fully saturated rings. The summed E-state index contributed by atoms with van der Waals surface area (Å²) in [6.45, 7) is 0.281. The molecule has 0 saturated carbocycles. The molecule has 11 heteroatoms. The van der Waals surface area contributed by atoms with Gasteiger partial charge < -0.3 is 5.32 Å². The second-order valence-electron chi connectivity index (χ2n) is 6.04. The third-order valence-electron chi connectivity index (χ3n) is 3.76. The summed E-state index contributed by atoms with van der Waals surface area (Å²) in [5, 5.41) is 5.24. The van der Waals surface area contributed by atoms with Crippen molar-refractivity contribution in [3.05, 3.63) is 64.0 Å². The minimum Gasteiger partial charge on any atom is -0.355 e. The van der Waals surface area contributed by atoms with E-state index in [0.717, 1.165) is 24.0 Å². The standard InChI is InChI=1S/C19H14ClF4N3OS2/c20-15-7-12(19(22,23)24)9-26-18(15)29-5-4-25-16(28)8-14-10-30-17(27-14)11-2-1-3-13(21)6-11/h1-3,6-7,9-10H,4-5,8H2,(H,25,28). The summed E-state index contributed by atoms with van der Waals surface area (Å²) < 4.78 is 51.2. The molecular formula is C19H14ClF4N3OS2. The molecule has 0 unspecified atom stereocenters. The SMILES string of the molecule is O=C(Cc1csc(-c2cccc(F)c2)n1)NCCSc1ncc(C(F)(F)F)cc1Cl. The first-order valence-corrected chi connectivity index (χ1v) is 10.8. The van der Waals surface area contributed by atoms with Crippen LogP contribution in [0.1, 0.15) is 11.3 Å². The molecule has 0 aliphatic heterocycles. The Balaban J connectivity index is 1.46. The third kappa shape index (κ3) is 6.16. The Morgan fingerprint density at radius 3 is 2.77 bits per heavy atom. The van der Waals surface area contributed by atoms with E-state index in [0.29, 0.717) is 22.0 Å². The topological polar surface area (TPSA) is 54.9 Å². The van der Waals surface area contributed by atoms with Crippen LogP contribution in [0.25, 0.3) is 10.6 Å². The number of hydrogen-bond donors (Lipinski definition) is 1. The molecule has 4 nitrogen and oxygen atoms in total. The van der Waals surface area contributed by atoms with E-state index in [4.69, 9.17) is 11.6 Å². The maximum absolute atomic E-state index is 13.3. The largest absolute Gasteiger partial charge is 0.417 e. The van der Waals surface area contributed by atoms with Crippen molar-refractivity contribution in [1.29, 1.82) is 0 Å². The lowest BCUT2D eigenvalue weighted by molar-refractivity contribution is -0.137. The number of rotatable bonds is 7. The number of carbonyl (C=O) groups excluding carboxylic acids is 1. The van der Waals surface area contributed by atoms with E-state index in [1.54, 1.807) is 17.5 Å². The van der Waals surface area contributed by atoms with Crippen LogP contribution in [0.15, 0.2) is 46.9 Å². The van der Waals surface area contributed by atoms with Crippen molar-refractivity contribution in [2.45, 2.75) is 17.6 Å². The number of aromatic nitrogens is 2. The quantitative estimate of drug-likeness (QED) is 0.280. The maximum atomic E-state index is 13.3. The van der Waals surface area contributed by atoms with E-state index in [1.165, 1.54) is 23.5 Å². The van der Waals surface area contributed by atoms with Crippen LogP contribution in [0, 0.1) is 5.82 Å². The predicted octanol–water partition coefficient (Wildman–Crippen LogP) is 5.47. The van der Waals surface area contributed by atoms with Gasteiger partial charge in [0.15, 0.2) is 0 Å². The van der Waals surface area contributed by atoms with Crippen LogP contribution < -0.4 is 5.32 Å². The summed E-state index contributed by atoms with van der Waals surface area (Å²) in [5.41, 5.74) is 0.298. The lowest BCUT2D eigenvalue weighted by atomic mass is 10.2. The Morgan fingerprint density at radius 2 is 2.07 bits per heavy atom. The van der Waals surface area contributed by atoms with E-state index in [-0.39, 0.29) is 34.7 Å². The molecule has 0 aliphatic carbocycles. The van der Waals surface area contributed by atoms with Gasteiger partial charge in [-0.3, -0.25) is 4.79 Å². The molecule has 1 N–H and O–H groups in total. The molecule has 3 rings (SSSR count). The number of thioether (sulfide) groups is 1. The monoisotopic (exact) mass is 475 g/mol. The number of thiazole rings is 1. The Bertz CT molecular complexity index is 1040. The molecule has 30 heavy (non-hydrogen) atoms. The highest BCUT2D eigenvalue weighted by molar-refractivity contribution is 7.99. The van der Waals surface area contributed by atoms with Gasteiger partial charge in [-0.25, -0.2) is 14.4 Å². The molecule has 0 aliphatic rings. The van der Waals surface area contributed by atoms with Crippen molar-refractivity contribution in [2.75, 3.05) is 12.3 Å². The molecule has 0 spiro atoms. The summed E-state index contributed by atoms with van der Waals surface area (Å²) in [5.74, 6) is -0.226. The highest BCUT2D eigenvalue weighted by atomic mass is 35.5. The Kier molecular flexibility index (Phi) is 7.32. The van der Waals surface area contributed by atoms with E-state index in [2.05, 4.69) is 15.3 Å². The molecule has 1 amide bonds. The Labute approximate surface area is 182 Å². The van der Waals surface area contributed by atoms with Gasteiger partial charge >= 0.3 is 6.18 Å². The van der Waals surface area contributed by atoms with E-state index in [1.807, 2.05) is 0 Å². The summed E-state index contributed by atoms with van der Waals surface area (Å²) in [6.07, 6.45) is -3.71. The average molecular weight is 476 g/mol. The molecule has 2 aromatic heterocycles. The van der Waals surface area contributed by atoms with Crippen LogP contribution in [0.5, 0.6) is 0 Å². The molecule has 0 atom stereocenters. The number of alkyl halides is 3.